The zero-order valence-electron chi connectivity index (χ0n) is 15.4. The molecule has 1 atom stereocenters. The second-order valence-electron chi connectivity index (χ2n) is 6.63. The van der Waals surface area contributed by atoms with Gasteiger partial charge < -0.3 is 14.6 Å². The maximum absolute atomic E-state index is 12.6. The number of sulfonamides is 1. The molecule has 0 saturated carbocycles. The van der Waals surface area contributed by atoms with Gasteiger partial charge in [-0.25, -0.2) is 12.7 Å². The Labute approximate surface area is 154 Å². The van der Waals surface area contributed by atoms with Crippen LogP contribution in [0.15, 0.2) is 29.2 Å². The average Bonchev–Trinajstić information content (AvgIpc) is 3.25. The standard InChI is InChI=1S/C18H25N3O4S/c1-4-21-16-8-7-15(26(23,24)20(2)3)10-13(16)11-17(21)18(22)19-12-14-6-5-9-25-14/h7-8,10-11,14H,4-6,9,12H2,1-3H3,(H,19,22)/t14-/m0/s1. The third-order valence-corrected chi connectivity index (χ3v) is 6.53. The molecule has 26 heavy (non-hydrogen) atoms. The number of benzene rings is 1. The highest BCUT2D eigenvalue weighted by Gasteiger charge is 2.21. The Morgan fingerprint density at radius 1 is 1.35 bits per heavy atom. The van der Waals surface area contributed by atoms with Crippen molar-refractivity contribution in [2.45, 2.75) is 37.3 Å². The molecule has 0 spiro atoms. The monoisotopic (exact) mass is 379 g/mol. The number of hydrogen-bond donors (Lipinski definition) is 1. The first kappa shape index (κ1) is 18.9. The lowest BCUT2D eigenvalue weighted by Gasteiger charge is -2.12. The number of hydrogen-bond acceptors (Lipinski definition) is 4. The lowest BCUT2D eigenvalue weighted by atomic mass is 10.2. The van der Waals surface area contributed by atoms with E-state index in [-0.39, 0.29) is 16.9 Å². The van der Waals surface area contributed by atoms with Gasteiger partial charge in [0.25, 0.3) is 5.91 Å². The zero-order valence-corrected chi connectivity index (χ0v) is 16.2. The minimum Gasteiger partial charge on any atom is -0.376 e. The predicted molar refractivity (Wildman–Crippen MR) is 99.8 cm³/mol. The second kappa shape index (κ2) is 7.38. The number of aromatic nitrogens is 1. The molecular weight excluding hydrogens is 354 g/mol. The maximum atomic E-state index is 12.6. The fourth-order valence-corrected chi connectivity index (χ4v) is 4.19. The van der Waals surface area contributed by atoms with E-state index in [1.54, 1.807) is 24.3 Å². The Hall–Kier alpha value is -1.90. The first-order valence-electron chi connectivity index (χ1n) is 8.80. The first-order valence-corrected chi connectivity index (χ1v) is 10.2. The number of ether oxygens (including phenoxy) is 1. The van der Waals surface area contributed by atoms with Gasteiger partial charge in [-0.2, -0.15) is 0 Å². The predicted octanol–water partition coefficient (Wildman–Crippen LogP) is 1.82. The Balaban J connectivity index is 1.91. The highest BCUT2D eigenvalue weighted by molar-refractivity contribution is 7.89. The van der Waals surface area contributed by atoms with Crippen LogP contribution in [-0.4, -0.2) is 56.5 Å². The van der Waals surface area contributed by atoms with Crippen LogP contribution in [0.4, 0.5) is 0 Å². The Bertz CT molecular complexity index is 912. The quantitative estimate of drug-likeness (QED) is 0.830. The molecule has 1 saturated heterocycles. The van der Waals surface area contributed by atoms with E-state index in [9.17, 15) is 13.2 Å². The van der Waals surface area contributed by atoms with Crippen molar-refractivity contribution in [3.05, 3.63) is 30.0 Å². The normalized spacial score (nSPS) is 17.9. The molecule has 1 fully saturated rings. The van der Waals surface area contributed by atoms with Gasteiger partial charge in [0.15, 0.2) is 0 Å². The zero-order chi connectivity index (χ0) is 18.9. The maximum Gasteiger partial charge on any atom is 0.268 e. The van der Waals surface area contributed by atoms with Crippen molar-refractivity contribution in [3.63, 3.8) is 0 Å². The Morgan fingerprint density at radius 3 is 2.73 bits per heavy atom. The van der Waals surface area contributed by atoms with Crippen molar-refractivity contribution in [1.29, 1.82) is 0 Å². The molecule has 1 aliphatic heterocycles. The molecule has 1 aliphatic rings. The molecule has 0 unspecified atom stereocenters. The molecule has 3 rings (SSSR count). The number of fused-ring (bicyclic) bond motifs is 1. The van der Waals surface area contributed by atoms with Crippen molar-refractivity contribution >= 4 is 26.8 Å². The third kappa shape index (κ3) is 3.49. The molecule has 0 aliphatic carbocycles. The van der Waals surface area contributed by atoms with Crippen LogP contribution in [0.3, 0.4) is 0 Å². The smallest absolute Gasteiger partial charge is 0.268 e. The van der Waals surface area contributed by atoms with Crippen LogP contribution in [0.5, 0.6) is 0 Å². The molecule has 1 aromatic carbocycles. The molecule has 7 nitrogen and oxygen atoms in total. The molecule has 2 aromatic rings. The van der Waals surface area contributed by atoms with Crippen molar-refractivity contribution < 1.29 is 17.9 Å². The van der Waals surface area contributed by atoms with E-state index in [2.05, 4.69) is 5.32 Å². The van der Waals surface area contributed by atoms with E-state index >= 15 is 0 Å². The number of nitrogens with zero attached hydrogens (tertiary/aromatic N) is 2. The van der Waals surface area contributed by atoms with Crippen LogP contribution < -0.4 is 5.32 Å². The molecule has 2 heterocycles. The van der Waals surface area contributed by atoms with Gasteiger partial charge in [0.05, 0.1) is 11.0 Å². The Morgan fingerprint density at radius 2 is 2.12 bits per heavy atom. The molecule has 0 bridgehead atoms. The van der Waals surface area contributed by atoms with Crippen LogP contribution in [0.25, 0.3) is 10.9 Å². The van der Waals surface area contributed by atoms with Crippen LogP contribution in [0, 0.1) is 0 Å². The van der Waals surface area contributed by atoms with Crippen LogP contribution >= 0.6 is 0 Å². The summed E-state index contributed by atoms with van der Waals surface area (Å²) < 4.78 is 33.3. The van der Waals surface area contributed by atoms with Gasteiger partial charge in [-0.3, -0.25) is 4.79 Å². The van der Waals surface area contributed by atoms with Gasteiger partial charge in [0.2, 0.25) is 10.0 Å². The summed E-state index contributed by atoms with van der Waals surface area (Å²) >= 11 is 0. The largest absolute Gasteiger partial charge is 0.376 e. The van der Waals surface area contributed by atoms with E-state index in [4.69, 9.17) is 4.74 Å². The average molecular weight is 379 g/mol. The van der Waals surface area contributed by atoms with E-state index in [1.165, 1.54) is 18.4 Å². The summed E-state index contributed by atoms with van der Waals surface area (Å²) in [6, 6.07) is 6.70. The van der Waals surface area contributed by atoms with E-state index in [0.29, 0.717) is 18.8 Å². The van der Waals surface area contributed by atoms with Crippen molar-refractivity contribution in [2.75, 3.05) is 27.2 Å². The van der Waals surface area contributed by atoms with Crippen molar-refractivity contribution in [3.8, 4) is 0 Å². The van der Waals surface area contributed by atoms with Crippen molar-refractivity contribution in [2.24, 2.45) is 0 Å². The number of amides is 1. The number of carbonyl (C=O) groups excluding carboxylic acids is 1. The summed E-state index contributed by atoms with van der Waals surface area (Å²) in [6.45, 7) is 3.82. The highest BCUT2D eigenvalue weighted by atomic mass is 32.2. The van der Waals surface area contributed by atoms with Gasteiger partial charge in [-0.05, 0) is 44.0 Å². The fraction of sp³-hybridized carbons (Fsp3) is 0.500. The number of rotatable bonds is 6. The molecule has 8 heteroatoms. The number of nitrogens with one attached hydrogen (secondary N) is 1. The number of aryl methyl sites for hydroxylation is 1. The lowest BCUT2D eigenvalue weighted by Crippen LogP contribution is -2.32. The molecule has 1 N–H and O–H groups in total. The van der Waals surface area contributed by atoms with Crippen LogP contribution in [-0.2, 0) is 21.3 Å². The molecule has 1 aromatic heterocycles. The van der Waals surface area contributed by atoms with Gasteiger partial charge in [0, 0.05) is 44.7 Å². The van der Waals surface area contributed by atoms with Gasteiger partial charge in [-0.15, -0.1) is 0 Å². The van der Waals surface area contributed by atoms with Crippen LogP contribution in [0.1, 0.15) is 30.3 Å². The second-order valence-corrected chi connectivity index (χ2v) is 8.78. The number of carbonyl (C=O) groups is 1. The summed E-state index contributed by atoms with van der Waals surface area (Å²) in [7, 11) is -0.512. The lowest BCUT2D eigenvalue weighted by molar-refractivity contribution is 0.0850. The van der Waals surface area contributed by atoms with E-state index < -0.39 is 10.0 Å². The van der Waals surface area contributed by atoms with Crippen LogP contribution in [0.2, 0.25) is 0 Å². The summed E-state index contributed by atoms with van der Waals surface area (Å²) in [4.78, 5) is 12.8. The summed E-state index contributed by atoms with van der Waals surface area (Å²) in [5.74, 6) is -0.171. The molecule has 142 valence electrons. The summed E-state index contributed by atoms with van der Waals surface area (Å²) in [5, 5.41) is 3.66. The molecule has 1 amide bonds. The first-order chi connectivity index (χ1) is 12.3. The molecular formula is C18H25N3O4S. The highest BCUT2D eigenvalue weighted by Crippen LogP contribution is 2.25. The topological polar surface area (TPSA) is 80.6 Å². The summed E-state index contributed by atoms with van der Waals surface area (Å²) in [6.07, 6.45) is 2.07. The third-order valence-electron chi connectivity index (χ3n) is 4.71. The van der Waals surface area contributed by atoms with E-state index in [0.717, 1.165) is 30.4 Å². The van der Waals surface area contributed by atoms with Gasteiger partial charge in [-0.1, -0.05) is 0 Å². The minimum absolute atomic E-state index is 0.0789. The minimum atomic E-state index is -3.51. The summed E-state index contributed by atoms with van der Waals surface area (Å²) in [5.41, 5.74) is 1.37. The van der Waals surface area contributed by atoms with E-state index in [1.807, 2.05) is 11.5 Å². The van der Waals surface area contributed by atoms with Gasteiger partial charge in [0.1, 0.15) is 5.69 Å². The Kier molecular flexibility index (Phi) is 5.36. The fourth-order valence-electron chi connectivity index (χ4n) is 3.25. The SMILES string of the molecule is CCn1c(C(=O)NC[C@@H]2CCCO2)cc2cc(S(=O)(=O)N(C)C)ccc21. The molecule has 0 radical (unpaired) electrons. The van der Waals surface area contributed by atoms with Gasteiger partial charge >= 0.3 is 0 Å². The van der Waals surface area contributed by atoms with Crippen molar-refractivity contribution in [1.82, 2.24) is 14.2 Å².